The van der Waals surface area contributed by atoms with Gasteiger partial charge in [-0.05, 0) is 45.2 Å². The van der Waals surface area contributed by atoms with E-state index in [9.17, 15) is 18.0 Å². The van der Waals surface area contributed by atoms with Crippen LogP contribution in [0.3, 0.4) is 0 Å². The molecule has 2 fully saturated rings. The topological polar surface area (TPSA) is 95.6 Å². The molecule has 7 nitrogen and oxygen atoms in total. The van der Waals surface area contributed by atoms with Gasteiger partial charge in [0.1, 0.15) is 0 Å². The molecule has 2 rings (SSSR count). The minimum Gasteiger partial charge on any atom is -0.352 e. The highest BCUT2D eigenvalue weighted by Crippen LogP contribution is 2.31. The quantitative estimate of drug-likeness (QED) is 0.706. The van der Waals surface area contributed by atoms with E-state index in [2.05, 4.69) is 10.6 Å². The Kier molecular flexibility index (Phi) is 8.15. The maximum Gasteiger partial charge on any atom is 0.244 e. The smallest absolute Gasteiger partial charge is 0.244 e. The van der Waals surface area contributed by atoms with Crippen LogP contribution < -0.4 is 10.6 Å². The molecule has 0 aromatic rings. The Labute approximate surface area is 156 Å². The van der Waals surface area contributed by atoms with Crippen LogP contribution in [-0.4, -0.2) is 68.4 Å². The van der Waals surface area contributed by atoms with Crippen molar-refractivity contribution in [3.63, 3.8) is 0 Å². The van der Waals surface area contributed by atoms with Gasteiger partial charge in [-0.15, -0.1) is 12.4 Å². The first kappa shape index (κ1) is 22.2. The molecule has 0 aromatic carbocycles. The number of amides is 2. The number of carbonyl (C=O) groups is 2. The van der Waals surface area contributed by atoms with Crippen molar-refractivity contribution >= 4 is 34.1 Å². The molecule has 25 heavy (non-hydrogen) atoms. The van der Waals surface area contributed by atoms with Gasteiger partial charge in [0, 0.05) is 31.8 Å². The van der Waals surface area contributed by atoms with Crippen molar-refractivity contribution in [1.82, 2.24) is 15.5 Å². The van der Waals surface area contributed by atoms with E-state index in [0.717, 1.165) is 19.3 Å². The summed E-state index contributed by atoms with van der Waals surface area (Å²) in [6, 6.07) is -0.0833. The first-order valence-electron chi connectivity index (χ1n) is 8.79. The number of nitrogens with one attached hydrogen (secondary N) is 2. The molecule has 0 spiro atoms. The Morgan fingerprint density at radius 2 is 1.92 bits per heavy atom. The molecular weight excluding hydrogens is 366 g/mol. The molecule has 9 heteroatoms. The number of hydrogen-bond acceptors (Lipinski definition) is 5. The maximum atomic E-state index is 13.1. The van der Waals surface area contributed by atoms with Crippen LogP contribution in [0.5, 0.6) is 0 Å². The summed E-state index contributed by atoms with van der Waals surface area (Å²) >= 11 is 0. The third kappa shape index (κ3) is 5.08. The van der Waals surface area contributed by atoms with Crippen molar-refractivity contribution < 1.29 is 18.0 Å². The fourth-order valence-corrected chi connectivity index (χ4v) is 5.06. The van der Waals surface area contributed by atoms with Crippen molar-refractivity contribution in [3.8, 4) is 0 Å². The lowest BCUT2D eigenvalue weighted by molar-refractivity contribution is -0.137. The van der Waals surface area contributed by atoms with Crippen molar-refractivity contribution in [2.75, 3.05) is 32.4 Å². The number of piperidine rings is 2. The second-order valence-electron chi connectivity index (χ2n) is 6.92. The molecule has 0 saturated carbocycles. The number of likely N-dealkylation sites (tertiary alicyclic amines) is 1. The van der Waals surface area contributed by atoms with Crippen LogP contribution in [0.25, 0.3) is 0 Å². The highest BCUT2D eigenvalue weighted by molar-refractivity contribution is 7.92. The largest absolute Gasteiger partial charge is 0.352 e. The van der Waals surface area contributed by atoms with E-state index < -0.39 is 14.6 Å². The summed E-state index contributed by atoms with van der Waals surface area (Å²) in [5.74, 6) is -0.294. The van der Waals surface area contributed by atoms with Crippen LogP contribution in [0.2, 0.25) is 0 Å². The Hall–Kier alpha value is -0.860. The SMILES string of the molecule is CCCC(=O)NC1CCCN(C(=O)C2(S(C)(=O)=O)CCNCC2)C1.Cl. The number of nitrogens with zero attached hydrogens (tertiary/aromatic N) is 1. The van der Waals surface area contributed by atoms with Crippen molar-refractivity contribution in [2.24, 2.45) is 0 Å². The van der Waals surface area contributed by atoms with E-state index in [4.69, 9.17) is 0 Å². The molecule has 2 amide bonds. The van der Waals surface area contributed by atoms with Crippen LogP contribution in [-0.2, 0) is 19.4 Å². The molecule has 146 valence electrons. The van der Waals surface area contributed by atoms with Crippen molar-refractivity contribution in [3.05, 3.63) is 0 Å². The summed E-state index contributed by atoms with van der Waals surface area (Å²) < 4.78 is 23.5. The number of rotatable bonds is 5. The Morgan fingerprint density at radius 1 is 1.28 bits per heavy atom. The monoisotopic (exact) mass is 395 g/mol. The summed E-state index contributed by atoms with van der Waals surface area (Å²) in [6.45, 7) is 3.97. The lowest BCUT2D eigenvalue weighted by Crippen LogP contribution is -2.61. The third-order valence-electron chi connectivity index (χ3n) is 5.06. The van der Waals surface area contributed by atoms with Gasteiger partial charge in [0.15, 0.2) is 14.6 Å². The highest BCUT2D eigenvalue weighted by atomic mass is 35.5. The first-order chi connectivity index (χ1) is 11.3. The molecule has 2 saturated heterocycles. The number of carbonyl (C=O) groups excluding carboxylic acids is 2. The minimum atomic E-state index is -3.50. The van der Waals surface area contributed by atoms with Gasteiger partial charge in [0.2, 0.25) is 11.8 Å². The van der Waals surface area contributed by atoms with Gasteiger partial charge in [-0.1, -0.05) is 6.92 Å². The van der Waals surface area contributed by atoms with Crippen LogP contribution in [0, 0.1) is 0 Å². The van der Waals surface area contributed by atoms with E-state index in [-0.39, 0.29) is 30.3 Å². The molecule has 0 bridgehead atoms. The number of halogens is 1. The van der Waals surface area contributed by atoms with Crippen molar-refractivity contribution in [2.45, 2.75) is 56.2 Å². The molecule has 1 atom stereocenters. The Balaban J connectivity index is 0.00000312. The molecule has 2 aliphatic rings. The summed E-state index contributed by atoms with van der Waals surface area (Å²) in [7, 11) is -3.50. The average molecular weight is 396 g/mol. The second kappa shape index (κ2) is 9.19. The van der Waals surface area contributed by atoms with Crippen LogP contribution in [0.4, 0.5) is 0 Å². The fourth-order valence-electron chi connectivity index (χ4n) is 3.67. The van der Waals surface area contributed by atoms with Crippen LogP contribution in [0.15, 0.2) is 0 Å². The fraction of sp³-hybridized carbons (Fsp3) is 0.875. The predicted molar refractivity (Wildman–Crippen MR) is 99.6 cm³/mol. The highest BCUT2D eigenvalue weighted by Gasteiger charge is 2.51. The van der Waals surface area contributed by atoms with E-state index in [1.54, 1.807) is 4.90 Å². The van der Waals surface area contributed by atoms with Gasteiger partial charge in [-0.2, -0.15) is 0 Å². The molecule has 0 aliphatic carbocycles. The summed E-state index contributed by atoms with van der Waals surface area (Å²) in [4.78, 5) is 26.5. The van der Waals surface area contributed by atoms with Gasteiger partial charge in [-0.3, -0.25) is 9.59 Å². The first-order valence-corrected chi connectivity index (χ1v) is 10.7. The van der Waals surface area contributed by atoms with E-state index in [1.165, 1.54) is 6.26 Å². The van der Waals surface area contributed by atoms with E-state index in [0.29, 0.717) is 45.4 Å². The molecule has 2 heterocycles. The molecule has 2 N–H and O–H groups in total. The maximum absolute atomic E-state index is 13.1. The Bertz CT molecular complexity index is 576. The summed E-state index contributed by atoms with van der Waals surface area (Å²) in [5.41, 5.74) is 0. The normalized spacial score (nSPS) is 23.4. The van der Waals surface area contributed by atoms with Crippen molar-refractivity contribution in [1.29, 1.82) is 0 Å². The van der Waals surface area contributed by atoms with E-state index in [1.807, 2.05) is 6.92 Å². The molecule has 0 radical (unpaired) electrons. The van der Waals surface area contributed by atoms with Crippen LogP contribution in [0.1, 0.15) is 45.4 Å². The van der Waals surface area contributed by atoms with E-state index >= 15 is 0 Å². The third-order valence-corrected chi connectivity index (χ3v) is 7.06. The van der Waals surface area contributed by atoms with Gasteiger partial charge >= 0.3 is 0 Å². The lowest BCUT2D eigenvalue weighted by atomic mass is 9.93. The summed E-state index contributed by atoms with van der Waals surface area (Å²) in [5, 5.41) is 6.09. The number of hydrogen-bond donors (Lipinski definition) is 2. The average Bonchev–Trinajstić information content (AvgIpc) is 2.54. The molecular formula is C16H30ClN3O4S. The standard InChI is InChI=1S/C16H29N3O4S.ClH/c1-3-5-14(20)18-13-6-4-11-19(12-13)15(21)16(24(2,22)23)7-9-17-10-8-16;/h13,17H,3-12H2,1-2H3,(H,18,20);1H. The Morgan fingerprint density at radius 3 is 2.48 bits per heavy atom. The van der Waals surface area contributed by atoms with Gasteiger partial charge < -0.3 is 15.5 Å². The number of sulfone groups is 1. The van der Waals surface area contributed by atoms with Gasteiger partial charge in [-0.25, -0.2) is 8.42 Å². The van der Waals surface area contributed by atoms with Gasteiger partial charge in [0.05, 0.1) is 0 Å². The minimum absolute atomic E-state index is 0. The zero-order valence-corrected chi connectivity index (χ0v) is 16.7. The summed E-state index contributed by atoms with van der Waals surface area (Å²) in [6.07, 6.45) is 4.66. The second-order valence-corrected chi connectivity index (χ2v) is 9.25. The predicted octanol–water partition coefficient (Wildman–Crippen LogP) is 0.482. The molecule has 0 aromatic heterocycles. The molecule has 1 unspecified atom stereocenters. The van der Waals surface area contributed by atoms with Gasteiger partial charge in [0.25, 0.3) is 0 Å². The molecule has 2 aliphatic heterocycles. The zero-order chi connectivity index (χ0) is 17.8. The zero-order valence-electron chi connectivity index (χ0n) is 15.0. The lowest BCUT2D eigenvalue weighted by Gasteiger charge is -2.41. The van der Waals surface area contributed by atoms with Crippen LogP contribution >= 0.6 is 12.4 Å².